The number of aliphatic hydroxyl groups excluding tert-OH is 1. The molecule has 2 rings (SSSR count). The summed E-state index contributed by atoms with van der Waals surface area (Å²) in [6, 6.07) is 9.05. The molecule has 1 fully saturated rings. The first-order valence-electron chi connectivity index (χ1n) is 7.20. The number of nitrogens with one attached hydrogen (secondary N) is 1. The quantitative estimate of drug-likeness (QED) is 0.692. The molecule has 0 radical (unpaired) electrons. The van der Waals surface area contributed by atoms with Gasteiger partial charge in [-0.1, -0.05) is 31.2 Å². The van der Waals surface area contributed by atoms with Crippen LogP contribution in [-0.2, 0) is 6.54 Å². The van der Waals surface area contributed by atoms with Crippen molar-refractivity contribution < 1.29 is 5.11 Å². The maximum absolute atomic E-state index is 8.92. The van der Waals surface area contributed by atoms with Gasteiger partial charge in [0.25, 0.3) is 0 Å². The van der Waals surface area contributed by atoms with Crippen molar-refractivity contribution >= 4 is 0 Å². The molecule has 0 heterocycles. The van der Waals surface area contributed by atoms with Crippen molar-refractivity contribution in [2.24, 2.45) is 5.92 Å². The molecule has 0 aliphatic heterocycles. The highest BCUT2D eigenvalue weighted by molar-refractivity contribution is 5.27. The molecule has 1 aromatic carbocycles. The minimum absolute atomic E-state index is 0.308. The standard InChI is InChI=1S/C16H25NO/c1-13(12-18)3-2-10-17-11-14-4-6-15(7-5-14)16-8-9-16/h4-7,13,16-18H,2-3,8-12H2,1H3. The molecule has 1 unspecified atom stereocenters. The van der Waals surface area contributed by atoms with Crippen LogP contribution in [0.5, 0.6) is 0 Å². The largest absolute Gasteiger partial charge is 0.396 e. The molecular weight excluding hydrogens is 222 g/mol. The molecule has 1 aromatic rings. The van der Waals surface area contributed by atoms with Crippen LogP contribution in [0, 0.1) is 5.92 Å². The topological polar surface area (TPSA) is 32.3 Å². The van der Waals surface area contributed by atoms with Crippen LogP contribution in [0.4, 0.5) is 0 Å². The highest BCUT2D eigenvalue weighted by Gasteiger charge is 2.22. The monoisotopic (exact) mass is 247 g/mol. The minimum Gasteiger partial charge on any atom is -0.396 e. The number of rotatable bonds is 8. The van der Waals surface area contributed by atoms with E-state index in [9.17, 15) is 0 Å². The van der Waals surface area contributed by atoms with Gasteiger partial charge in [-0.25, -0.2) is 0 Å². The normalized spacial score (nSPS) is 16.8. The van der Waals surface area contributed by atoms with Gasteiger partial charge < -0.3 is 10.4 Å². The maximum Gasteiger partial charge on any atom is 0.0456 e. The predicted octanol–water partition coefficient (Wildman–Crippen LogP) is 3.06. The van der Waals surface area contributed by atoms with Crippen molar-refractivity contribution in [2.45, 2.75) is 45.1 Å². The SMILES string of the molecule is CC(CO)CCCNCc1ccc(C2CC2)cc1. The lowest BCUT2D eigenvalue weighted by molar-refractivity contribution is 0.228. The van der Waals surface area contributed by atoms with Gasteiger partial charge in [-0.3, -0.25) is 0 Å². The number of hydrogen-bond donors (Lipinski definition) is 2. The van der Waals surface area contributed by atoms with Gasteiger partial charge in [0.2, 0.25) is 0 Å². The van der Waals surface area contributed by atoms with E-state index in [1.165, 1.54) is 24.0 Å². The van der Waals surface area contributed by atoms with Crippen molar-refractivity contribution in [3.05, 3.63) is 35.4 Å². The van der Waals surface area contributed by atoms with Gasteiger partial charge in [0.15, 0.2) is 0 Å². The van der Waals surface area contributed by atoms with Crippen LogP contribution in [0.2, 0.25) is 0 Å². The average Bonchev–Trinajstić information content (AvgIpc) is 3.23. The highest BCUT2D eigenvalue weighted by atomic mass is 16.3. The second-order valence-electron chi connectivity index (χ2n) is 5.62. The highest BCUT2D eigenvalue weighted by Crippen LogP contribution is 2.39. The molecule has 0 amide bonds. The molecule has 0 spiro atoms. The van der Waals surface area contributed by atoms with E-state index in [1.54, 1.807) is 0 Å². The molecule has 2 nitrogen and oxygen atoms in total. The Kier molecular flexibility index (Phi) is 5.21. The third kappa shape index (κ3) is 4.43. The predicted molar refractivity (Wildman–Crippen MR) is 75.6 cm³/mol. The Labute approximate surface area is 110 Å². The van der Waals surface area contributed by atoms with E-state index in [4.69, 9.17) is 5.11 Å². The molecule has 0 aromatic heterocycles. The summed E-state index contributed by atoms with van der Waals surface area (Å²) >= 11 is 0. The summed E-state index contributed by atoms with van der Waals surface area (Å²) in [5.74, 6) is 1.29. The zero-order valence-corrected chi connectivity index (χ0v) is 11.4. The lowest BCUT2D eigenvalue weighted by Crippen LogP contribution is -2.16. The minimum atomic E-state index is 0.308. The lowest BCUT2D eigenvalue weighted by atomic mass is 10.1. The van der Waals surface area contributed by atoms with Crippen LogP contribution >= 0.6 is 0 Å². The van der Waals surface area contributed by atoms with Crippen LogP contribution in [0.15, 0.2) is 24.3 Å². The molecule has 1 atom stereocenters. The van der Waals surface area contributed by atoms with Crippen LogP contribution < -0.4 is 5.32 Å². The summed E-state index contributed by atoms with van der Waals surface area (Å²) in [7, 11) is 0. The van der Waals surface area contributed by atoms with Crippen molar-refractivity contribution in [2.75, 3.05) is 13.2 Å². The van der Waals surface area contributed by atoms with Gasteiger partial charge in [-0.05, 0) is 55.2 Å². The van der Waals surface area contributed by atoms with Crippen LogP contribution in [-0.4, -0.2) is 18.3 Å². The van der Waals surface area contributed by atoms with E-state index < -0.39 is 0 Å². The zero-order valence-electron chi connectivity index (χ0n) is 11.4. The van der Waals surface area contributed by atoms with E-state index in [0.717, 1.165) is 31.8 Å². The summed E-state index contributed by atoms with van der Waals surface area (Å²) in [6.07, 6.45) is 4.99. The van der Waals surface area contributed by atoms with Gasteiger partial charge in [-0.15, -0.1) is 0 Å². The second-order valence-corrected chi connectivity index (χ2v) is 5.62. The third-order valence-corrected chi connectivity index (χ3v) is 3.72. The summed E-state index contributed by atoms with van der Waals surface area (Å²) < 4.78 is 0. The Balaban J connectivity index is 1.61. The van der Waals surface area contributed by atoms with E-state index in [-0.39, 0.29) is 0 Å². The van der Waals surface area contributed by atoms with E-state index in [0.29, 0.717) is 12.5 Å². The number of benzene rings is 1. The molecule has 1 aliphatic rings. The number of aliphatic hydroxyl groups is 1. The molecule has 100 valence electrons. The number of hydrogen-bond acceptors (Lipinski definition) is 2. The molecule has 2 N–H and O–H groups in total. The summed E-state index contributed by atoms with van der Waals surface area (Å²) in [4.78, 5) is 0. The van der Waals surface area contributed by atoms with Crippen LogP contribution in [0.1, 0.15) is 49.7 Å². The van der Waals surface area contributed by atoms with Gasteiger partial charge in [0.1, 0.15) is 0 Å². The van der Waals surface area contributed by atoms with Crippen LogP contribution in [0.3, 0.4) is 0 Å². The maximum atomic E-state index is 8.92. The molecule has 1 saturated carbocycles. The summed E-state index contributed by atoms with van der Waals surface area (Å²) in [5, 5.41) is 12.4. The van der Waals surface area contributed by atoms with Crippen molar-refractivity contribution in [3.8, 4) is 0 Å². The Morgan fingerprint density at radius 3 is 2.61 bits per heavy atom. The Hall–Kier alpha value is -0.860. The van der Waals surface area contributed by atoms with Crippen LogP contribution in [0.25, 0.3) is 0 Å². The smallest absolute Gasteiger partial charge is 0.0456 e. The second kappa shape index (κ2) is 6.91. The summed E-state index contributed by atoms with van der Waals surface area (Å²) in [6.45, 7) is 4.40. The first-order chi connectivity index (χ1) is 8.79. The fraction of sp³-hybridized carbons (Fsp3) is 0.625. The van der Waals surface area contributed by atoms with Crippen molar-refractivity contribution in [1.29, 1.82) is 0 Å². The van der Waals surface area contributed by atoms with Crippen molar-refractivity contribution in [3.63, 3.8) is 0 Å². The first-order valence-corrected chi connectivity index (χ1v) is 7.20. The molecule has 0 bridgehead atoms. The third-order valence-electron chi connectivity index (χ3n) is 3.72. The van der Waals surface area contributed by atoms with Gasteiger partial charge in [0.05, 0.1) is 0 Å². The molecule has 2 heteroatoms. The van der Waals surface area contributed by atoms with Gasteiger partial charge in [0, 0.05) is 13.2 Å². The van der Waals surface area contributed by atoms with E-state index in [2.05, 4.69) is 36.5 Å². The van der Waals surface area contributed by atoms with Gasteiger partial charge in [-0.2, -0.15) is 0 Å². The average molecular weight is 247 g/mol. The fourth-order valence-corrected chi connectivity index (χ4v) is 2.22. The molecular formula is C16H25NO. The first kappa shape index (κ1) is 13.6. The molecule has 0 saturated heterocycles. The fourth-order valence-electron chi connectivity index (χ4n) is 2.22. The van der Waals surface area contributed by atoms with E-state index in [1.807, 2.05) is 0 Å². The Morgan fingerprint density at radius 1 is 1.28 bits per heavy atom. The van der Waals surface area contributed by atoms with Gasteiger partial charge >= 0.3 is 0 Å². The lowest BCUT2D eigenvalue weighted by Gasteiger charge is -2.08. The Bertz CT molecular complexity index is 343. The Morgan fingerprint density at radius 2 is 2.00 bits per heavy atom. The molecule has 1 aliphatic carbocycles. The molecule has 18 heavy (non-hydrogen) atoms. The zero-order chi connectivity index (χ0) is 12.8. The summed E-state index contributed by atoms with van der Waals surface area (Å²) in [5.41, 5.74) is 2.88. The van der Waals surface area contributed by atoms with Crippen molar-refractivity contribution in [1.82, 2.24) is 5.32 Å². The van der Waals surface area contributed by atoms with E-state index >= 15 is 0 Å².